The zero-order valence-electron chi connectivity index (χ0n) is 12.3. The number of hydrogen-bond acceptors (Lipinski definition) is 3. The fraction of sp³-hybridized carbons (Fsp3) is 0.714. The number of rotatable bonds is 5. The molecule has 1 aromatic rings. The van der Waals surface area contributed by atoms with Gasteiger partial charge in [0, 0.05) is 25.6 Å². The van der Waals surface area contributed by atoms with Gasteiger partial charge in [-0.2, -0.15) is 5.10 Å². The second-order valence-electron chi connectivity index (χ2n) is 5.77. The molecular weight excluding hydrogens is 278 g/mol. The summed E-state index contributed by atoms with van der Waals surface area (Å²) in [5, 5.41) is 7.71. The van der Waals surface area contributed by atoms with Crippen LogP contribution in [0, 0.1) is 18.8 Å². The second-order valence-corrected chi connectivity index (χ2v) is 6.12. The molecule has 0 radical (unpaired) electrons. The maximum absolute atomic E-state index is 12.3. The van der Waals surface area contributed by atoms with E-state index in [1.165, 1.54) is 0 Å². The molecule has 1 amide bonds. The number of aromatic nitrogens is 2. The Labute approximate surface area is 124 Å². The van der Waals surface area contributed by atoms with Gasteiger partial charge in [0.2, 0.25) is 0 Å². The van der Waals surface area contributed by atoms with Gasteiger partial charge in [0.05, 0.1) is 17.9 Å². The third kappa shape index (κ3) is 3.52. The second kappa shape index (κ2) is 6.59. The first-order valence-electron chi connectivity index (χ1n) is 7.08. The smallest absolute Gasteiger partial charge is 0.256 e. The molecule has 0 aliphatic carbocycles. The molecule has 5 nitrogen and oxygen atoms in total. The average Bonchev–Trinajstić information content (AvgIpc) is 2.96. The molecule has 1 aliphatic rings. The maximum atomic E-state index is 12.3. The molecule has 1 N–H and O–H groups in total. The molecule has 1 atom stereocenters. The number of carbonyl (C=O) groups is 1. The fourth-order valence-corrected chi connectivity index (χ4v) is 2.68. The quantitative estimate of drug-likeness (QED) is 0.907. The summed E-state index contributed by atoms with van der Waals surface area (Å²) in [6.45, 7) is 8.84. The van der Waals surface area contributed by atoms with Gasteiger partial charge in [-0.3, -0.25) is 9.48 Å². The van der Waals surface area contributed by atoms with Gasteiger partial charge in [0.15, 0.2) is 0 Å². The topological polar surface area (TPSA) is 56.2 Å². The number of nitrogens with zero attached hydrogens (tertiary/aromatic N) is 2. The van der Waals surface area contributed by atoms with Gasteiger partial charge in [-0.15, -0.1) is 0 Å². The summed E-state index contributed by atoms with van der Waals surface area (Å²) >= 11 is 6.28. The summed E-state index contributed by atoms with van der Waals surface area (Å²) in [5.41, 5.74) is 1.17. The Morgan fingerprint density at radius 3 is 2.95 bits per heavy atom. The molecule has 1 saturated heterocycles. The number of amides is 1. The van der Waals surface area contributed by atoms with E-state index in [0.717, 1.165) is 19.6 Å². The summed E-state index contributed by atoms with van der Waals surface area (Å²) in [5.74, 6) is 0.691. The number of nitrogens with one attached hydrogen (secondary N) is 1. The Morgan fingerprint density at radius 2 is 2.35 bits per heavy atom. The van der Waals surface area contributed by atoms with Crippen LogP contribution < -0.4 is 5.32 Å². The number of carbonyl (C=O) groups excluding carboxylic acids is 1. The van der Waals surface area contributed by atoms with Gasteiger partial charge in [-0.25, -0.2) is 0 Å². The van der Waals surface area contributed by atoms with Gasteiger partial charge in [-0.05, 0) is 19.3 Å². The van der Waals surface area contributed by atoms with Crippen molar-refractivity contribution in [1.29, 1.82) is 0 Å². The van der Waals surface area contributed by atoms with Crippen LogP contribution in [0.5, 0.6) is 0 Å². The first-order valence-corrected chi connectivity index (χ1v) is 7.45. The minimum absolute atomic E-state index is 0.144. The van der Waals surface area contributed by atoms with Crippen molar-refractivity contribution in [2.24, 2.45) is 11.8 Å². The van der Waals surface area contributed by atoms with Crippen LogP contribution in [0.4, 0.5) is 0 Å². The van der Waals surface area contributed by atoms with Gasteiger partial charge in [0.25, 0.3) is 5.91 Å². The maximum Gasteiger partial charge on any atom is 0.256 e. The Kier molecular flexibility index (Phi) is 5.05. The fourth-order valence-electron chi connectivity index (χ4n) is 2.35. The van der Waals surface area contributed by atoms with E-state index in [2.05, 4.69) is 24.3 Å². The molecule has 0 spiro atoms. The third-order valence-electron chi connectivity index (χ3n) is 3.41. The minimum Gasteiger partial charge on any atom is -0.381 e. The zero-order chi connectivity index (χ0) is 14.7. The summed E-state index contributed by atoms with van der Waals surface area (Å²) < 4.78 is 7.00. The lowest BCUT2D eigenvalue weighted by Crippen LogP contribution is -2.30. The number of aryl methyl sites for hydroxylation is 1. The molecule has 1 fully saturated rings. The van der Waals surface area contributed by atoms with E-state index in [1.807, 2.05) is 6.92 Å². The first kappa shape index (κ1) is 15.3. The average molecular weight is 300 g/mol. The van der Waals surface area contributed by atoms with Crippen molar-refractivity contribution >= 4 is 17.5 Å². The molecule has 1 aliphatic heterocycles. The van der Waals surface area contributed by atoms with Crippen molar-refractivity contribution in [3.63, 3.8) is 0 Å². The lowest BCUT2D eigenvalue weighted by atomic mass is 10.1. The molecule has 0 bridgehead atoms. The highest BCUT2D eigenvalue weighted by Crippen LogP contribution is 2.21. The Morgan fingerprint density at radius 1 is 1.60 bits per heavy atom. The lowest BCUT2D eigenvalue weighted by Gasteiger charge is -2.09. The minimum atomic E-state index is -0.144. The van der Waals surface area contributed by atoms with Crippen molar-refractivity contribution in [2.45, 2.75) is 33.7 Å². The Bertz CT molecular complexity index is 479. The standard InChI is InChI=1S/C14H22ClN3O2/c1-9(2)7-18-13(15)12(10(3)17-18)14(19)16-6-11-4-5-20-8-11/h9,11H,4-8H2,1-3H3,(H,16,19)/t11-/m0/s1. The number of ether oxygens (including phenoxy) is 1. The number of hydrogen-bond donors (Lipinski definition) is 1. The van der Waals surface area contributed by atoms with E-state index in [4.69, 9.17) is 16.3 Å². The van der Waals surface area contributed by atoms with Crippen LogP contribution >= 0.6 is 11.6 Å². The molecule has 2 rings (SSSR count). The van der Waals surface area contributed by atoms with Gasteiger partial charge < -0.3 is 10.1 Å². The molecule has 6 heteroatoms. The Hall–Kier alpha value is -1.07. The van der Waals surface area contributed by atoms with Crippen molar-refractivity contribution in [3.8, 4) is 0 Å². The molecule has 2 heterocycles. The van der Waals surface area contributed by atoms with Crippen LogP contribution in [0.2, 0.25) is 5.15 Å². The summed E-state index contributed by atoms with van der Waals surface area (Å²) in [4.78, 5) is 12.3. The van der Waals surface area contributed by atoms with E-state index in [1.54, 1.807) is 4.68 Å². The van der Waals surface area contributed by atoms with Crippen LogP contribution in [0.25, 0.3) is 0 Å². The van der Waals surface area contributed by atoms with Gasteiger partial charge in [-0.1, -0.05) is 25.4 Å². The highest BCUT2D eigenvalue weighted by molar-refractivity contribution is 6.33. The molecule has 20 heavy (non-hydrogen) atoms. The van der Waals surface area contributed by atoms with Gasteiger partial charge in [0.1, 0.15) is 5.15 Å². The van der Waals surface area contributed by atoms with E-state index in [-0.39, 0.29) is 5.91 Å². The highest BCUT2D eigenvalue weighted by Gasteiger charge is 2.22. The van der Waals surface area contributed by atoms with Crippen molar-refractivity contribution < 1.29 is 9.53 Å². The predicted molar refractivity (Wildman–Crippen MR) is 78.1 cm³/mol. The van der Waals surface area contributed by atoms with Crippen molar-refractivity contribution in [3.05, 3.63) is 16.4 Å². The monoisotopic (exact) mass is 299 g/mol. The van der Waals surface area contributed by atoms with Crippen molar-refractivity contribution in [1.82, 2.24) is 15.1 Å². The summed E-state index contributed by atoms with van der Waals surface area (Å²) in [6.07, 6.45) is 1.000. The van der Waals surface area contributed by atoms with Crippen molar-refractivity contribution in [2.75, 3.05) is 19.8 Å². The molecule has 112 valence electrons. The normalized spacial score (nSPS) is 18.8. The molecule has 0 aromatic carbocycles. The molecule has 1 aromatic heterocycles. The predicted octanol–water partition coefficient (Wildman–Crippen LogP) is 2.27. The summed E-state index contributed by atoms with van der Waals surface area (Å²) in [7, 11) is 0. The highest BCUT2D eigenvalue weighted by atomic mass is 35.5. The van der Waals surface area contributed by atoms with E-state index in [0.29, 0.717) is 41.3 Å². The largest absolute Gasteiger partial charge is 0.381 e. The SMILES string of the molecule is Cc1nn(CC(C)C)c(Cl)c1C(=O)NC[C@@H]1CCOC1. The van der Waals surface area contributed by atoms with Gasteiger partial charge >= 0.3 is 0 Å². The van der Waals surface area contributed by atoms with Crippen LogP contribution in [-0.2, 0) is 11.3 Å². The molecular formula is C14H22ClN3O2. The third-order valence-corrected chi connectivity index (χ3v) is 3.79. The molecule has 0 saturated carbocycles. The van der Waals surface area contributed by atoms with Crippen LogP contribution in [0.3, 0.4) is 0 Å². The molecule has 0 unspecified atom stereocenters. The van der Waals surface area contributed by atoms with E-state index in [9.17, 15) is 4.79 Å². The zero-order valence-corrected chi connectivity index (χ0v) is 13.0. The lowest BCUT2D eigenvalue weighted by molar-refractivity contribution is 0.0944. The summed E-state index contributed by atoms with van der Waals surface area (Å²) in [6, 6.07) is 0. The van der Waals surface area contributed by atoms with E-state index >= 15 is 0 Å². The van der Waals surface area contributed by atoms with E-state index < -0.39 is 0 Å². The van der Waals surface area contributed by atoms with Crippen LogP contribution in [0.15, 0.2) is 0 Å². The van der Waals surface area contributed by atoms with Crippen LogP contribution in [0.1, 0.15) is 36.3 Å². The first-order chi connectivity index (χ1) is 9.49. The van der Waals surface area contributed by atoms with Crippen LogP contribution in [-0.4, -0.2) is 35.4 Å². The Balaban J connectivity index is 2.03. The number of halogens is 1.